The molecule has 1 saturated carbocycles. The maximum absolute atomic E-state index is 14.3. The number of carbonyl (C=O) groups excluding carboxylic acids is 7. The highest BCUT2D eigenvalue weighted by Gasteiger charge is 2.64. The predicted molar refractivity (Wildman–Crippen MR) is 253 cm³/mol. The Balaban J connectivity index is 1.16. The van der Waals surface area contributed by atoms with Crippen LogP contribution in [0.5, 0.6) is 5.75 Å². The van der Waals surface area contributed by atoms with Gasteiger partial charge in [-0.1, -0.05) is 42.3 Å². The Hall–Kier alpha value is -4.14. The number of nitrogens with one attached hydrogen (secondary N) is 1. The number of rotatable bonds is 12. The molecule has 9 atom stereocenters. The SMILES string of the molecule is COc1cc2cc(c1Cl)N(C)C(=O)C[C@H](OC(=O)[C@H](C)N(C)C(=O)CCSC1CC(=O)N(CC3CCC(C(=O)S)CC3)C1=O)[C@]1(C)O[C@H]1[C@H](C)[C@@H]1C[C@@](O)(NC(=O)O1)[C@H](OC)/C=C/C=C(\C)C2. The molecule has 4 heterocycles. The summed E-state index contributed by atoms with van der Waals surface area (Å²) >= 11 is 12.0. The van der Waals surface area contributed by atoms with E-state index in [2.05, 4.69) is 17.9 Å². The van der Waals surface area contributed by atoms with Gasteiger partial charge in [0.05, 0.1) is 30.6 Å². The van der Waals surface area contributed by atoms with Crippen molar-refractivity contribution in [2.24, 2.45) is 17.8 Å². The Morgan fingerprint density at radius 3 is 2.46 bits per heavy atom. The standard InChI is InChI=1S/C47H63ClN4O13S2/c1-25-10-9-11-35(62-8)47(60)23-33(63-45(59)49-47)26(2)41-46(4,65-41)36(22-38(54)51(6)31-19-29(18-25)20-32(61-7)40(31)48)64-43(57)27(3)50(5)37(53)16-17-67-34-21-39(55)52(42(34)56)24-28-12-14-30(15-13-28)44(58)66/h9-11,19-20,26-28,30,33-36,41,60H,12-18,21-24H2,1-8H3,(H,49,59)(H,58,66)/b11-9+,25-10+/t26-,27+,28?,30?,33+,34?,35-,36+,41+,46+,47+/m1/s1. The van der Waals surface area contributed by atoms with Crippen LogP contribution in [0.3, 0.4) is 0 Å². The normalized spacial score (nSPS) is 33.1. The maximum Gasteiger partial charge on any atom is 0.409 e. The lowest BCUT2D eigenvalue weighted by Gasteiger charge is -2.42. The topological polar surface area (TPSA) is 211 Å². The molecule has 1 unspecified atom stereocenters. The van der Waals surface area contributed by atoms with Crippen LogP contribution in [0.2, 0.25) is 5.02 Å². The van der Waals surface area contributed by atoms with Crippen LogP contribution in [-0.4, -0.2) is 143 Å². The highest BCUT2D eigenvalue weighted by Crippen LogP contribution is 2.49. The van der Waals surface area contributed by atoms with Crippen LogP contribution >= 0.6 is 36.0 Å². The van der Waals surface area contributed by atoms with Gasteiger partial charge < -0.3 is 38.6 Å². The number of alkyl carbamates (subject to hydrolysis) is 1. The predicted octanol–water partition coefficient (Wildman–Crippen LogP) is 5.03. The molecule has 0 radical (unpaired) electrons. The van der Waals surface area contributed by atoms with Crippen molar-refractivity contribution in [2.45, 2.75) is 133 Å². The molecule has 1 aromatic rings. The Labute approximate surface area is 406 Å². The molecule has 4 bridgehead atoms. The summed E-state index contributed by atoms with van der Waals surface area (Å²) in [5.41, 5.74) is -1.14. The van der Waals surface area contributed by atoms with Crippen LogP contribution in [-0.2, 0) is 54.1 Å². The van der Waals surface area contributed by atoms with Gasteiger partial charge in [0.15, 0.2) is 10.8 Å². The minimum absolute atomic E-state index is 0.0324. The molecule has 1 aliphatic carbocycles. The van der Waals surface area contributed by atoms with Crippen molar-refractivity contribution in [3.05, 3.63) is 46.5 Å². The van der Waals surface area contributed by atoms with E-state index in [0.29, 0.717) is 37.2 Å². The summed E-state index contributed by atoms with van der Waals surface area (Å²) in [6.07, 6.45) is 3.30. The fraction of sp³-hybridized carbons (Fsp3) is 0.638. The van der Waals surface area contributed by atoms with Crippen molar-refractivity contribution in [1.82, 2.24) is 15.1 Å². The van der Waals surface area contributed by atoms with E-state index in [-0.39, 0.29) is 65.2 Å². The van der Waals surface area contributed by atoms with E-state index < -0.39 is 76.8 Å². The number of anilines is 1. The summed E-state index contributed by atoms with van der Waals surface area (Å²) in [4.78, 5) is 96.6. The third kappa shape index (κ3) is 11.8. The smallest absolute Gasteiger partial charge is 0.409 e. The van der Waals surface area contributed by atoms with Gasteiger partial charge in [-0.3, -0.25) is 34.2 Å². The molecule has 5 aliphatic rings. The van der Waals surface area contributed by atoms with Crippen LogP contribution in [0.4, 0.5) is 10.5 Å². The van der Waals surface area contributed by atoms with E-state index >= 15 is 0 Å². The molecule has 4 fully saturated rings. The number of likely N-dealkylation sites (N-methyl/N-ethyl adjacent to an activating group) is 1. The van der Waals surface area contributed by atoms with Gasteiger partial charge in [-0.25, -0.2) is 9.59 Å². The number of thiol groups is 1. The minimum Gasteiger partial charge on any atom is -0.495 e. The van der Waals surface area contributed by atoms with E-state index in [9.17, 15) is 38.7 Å². The number of nitrogens with zero attached hydrogens (tertiary/aromatic N) is 3. The molecule has 0 aromatic heterocycles. The number of ether oxygens (including phenoxy) is 5. The third-order valence-corrected chi connectivity index (χ3v) is 16.0. The van der Waals surface area contributed by atoms with E-state index in [1.54, 1.807) is 45.2 Å². The van der Waals surface area contributed by atoms with Crippen molar-refractivity contribution in [2.75, 3.05) is 45.5 Å². The highest BCUT2D eigenvalue weighted by atomic mass is 35.5. The molecular weight excluding hydrogens is 928 g/mol. The zero-order chi connectivity index (χ0) is 49.1. The number of amides is 5. The molecule has 1 aromatic carbocycles. The Morgan fingerprint density at radius 1 is 1.10 bits per heavy atom. The van der Waals surface area contributed by atoms with Gasteiger partial charge in [0.25, 0.3) is 0 Å². The number of methoxy groups -OCH3 is 2. The van der Waals surface area contributed by atoms with Crippen LogP contribution in [0.1, 0.15) is 84.6 Å². The number of imide groups is 1. The van der Waals surface area contributed by atoms with Gasteiger partial charge in [-0.2, -0.15) is 0 Å². The summed E-state index contributed by atoms with van der Waals surface area (Å²) in [5.74, 6) is -2.25. The quantitative estimate of drug-likeness (QED) is 0.109. The lowest BCUT2D eigenvalue weighted by atomic mass is 9.82. The average molecular weight is 992 g/mol. The van der Waals surface area contributed by atoms with E-state index in [0.717, 1.165) is 24.0 Å². The van der Waals surface area contributed by atoms with Crippen LogP contribution in [0, 0.1) is 17.8 Å². The van der Waals surface area contributed by atoms with E-state index in [1.807, 2.05) is 13.0 Å². The highest BCUT2D eigenvalue weighted by molar-refractivity contribution is 8.00. The van der Waals surface area contributed by atoms with Crippen molar-refractivity contribution >= 4 is 82.5 Å². The fourth-order valence-electron chi connectivity index (χ4n) is 9.51. The molecule has 2 N–H and O–H groups in total. The zero-order valence-electron chi connectivity index (χ0n) is 39.3. The number of carbonyl (C=O) groups is 7. The number of likely N-dealkylation sites (tertiary alicyclic amines) is 1. The average Bonchev–Trinajstić information content (AvgIpc) is 3.91. The molecule has 67 heavy (non-hydrogen) atoms. The molecule has 4 aliphatic heterocycles. The number of epoxide rings is 1. The number of halogens is 1. The molecule has 0 spiro atoms. The van der Waals surface area contributed by atoms with Crippen molar-refractivity contribution < 1.29 is 62.4 Å². The first-order chi connectivity index (χ1) is 31.6. The van der Waals surface area contributed by atoms with E-state index in [1.165, 1.54) is 54.7 Å². The first-order valence-electron chi connectivity index (χ1n) is 22.6. The number of aliphatic hydroxyl groups is 1. The van der Waals surface area contributed by atoms with Gasteiger partial charge in [0, 0.05) is 64.6 Å². The van der Waals surface area contributed by atoms with Crippen LogP contribution in [0.15, 0.2) is 35.9 Å². The minimum atomic E-state index is -1.87. The van der Waals surface area contributed by atoms with Crippen molar-refractivity contribution in [3.63, 3.8) is 0 Å². The largest absolute Gasteiger partial charge is 0.495 e. The summed E-state index contributed by atoms with van der Waals surface area (Å²) in [7, 11) is 5.90. The third-order valence-electron chi connectivity index (χ3n) is 14.0. The van der Waals surface area contributed by atoms with Gasteiger partial charge in [0.1, 0.15) is 40.7 Å². The second kappa shape index (κ2) is 21.7. The van der Waals surface area contributed by atoms with E-state index in [4.69, 9.17) is 35.3 Å². The second-order valence-corrected chi connectivity index (χ2v) is 20.7. The maximum atomic E-state index is 14.3. The van der Waals surface area contributed by atoms with Crippen LogP contribution in [0.25, 0.3) is 0 Å². The molecule has 3 saturated heterocycles. The first kappa shape index (κ1) is 52.2. The number of thioether (sulfide) groups is 1. The lowest BCUT2D eigenvalue weighted by molar-refractivity contribution is -0.162. The first-order valence-corrected chi connectivity index (χ1v) is 24.5. The van der Waals surface area contributed by atoms with Crippen LogP contribution < -0.4 is 15.0 Å². The number of fused-ring (bicyclic) bond motifs is 5. The second-order valence-electron chi connectivity index (χ2n) is 18.6. The summed E-state index contributed by atoms with van der Waals surface area (Å²) in [6, 6.07) is 2.42. The molecule has 17 nitrogen and oxygen atoms in total. The molecule has 368 valence electrons. The number of allylic oxidation sites excluding steroid dienone is 3. The van der Waals surface area contributed by atoms with Gasteiger partial charge in [-0.05, 0) is 76.5 Å². The van der Waals surface area contributed by atoms with Crippen molar-refractivity contribution in [1.29, 1.82) is 0 Å². The number of benzene rings is 1. The fourth-order valence-corrected chi connectivity index (χ4v) is 11.2. The van der Waals surface area contributed by atoms with Gasteiger partial charge in [-0.15, -0.1) is 24.4 Å². The molecule has 6 rings (SSSR count). The molecule has 20 heteroatoms. The molecule has 5 amide bonds. The van der Waals surface area contributed by atoms with Crippen molar-refractivity contribution in [3.8, 4) is 5.75 Å². The van der Waals surface area contributed by atoms with Gasteiger partial charge >= 0.3 is 12.1 Å². The number of hydrogen-bond donors (Lipinski definition) is 3. The Bertz CT molecular complexity index is 2170. The van der Waals surface area contributed by atoms with Gasteiger partial charge in [0.2, 0.25) is 23.6 Å². The number of esters is 1. The Morgan fingerprint density at radius 2 is 1.81 bits per heavy atom. The monoisotopic (exact) mass is 990 g/mol. The number of hydrogen-bond acceptors (Lipinski definition) is 14. The summed E-state index contributed by atoms with van der Waals surface area (Å²) < 4.78 is 29.4. The lowest BCUT2D eigenvalue weighted by Crippen LogP contribution is -2.63. The summed E-state index contributed by atoms with van der Waals surface area (Å²) in [5, 5.41) is 13.8. The summed E-state index contributed by atoms with van der Waals surface area (Å²) in [6.45, 7) is 7.18. The Kier molecular flexibility index (Phi) is 16.9. The zero-order valence-corrected chi connectivity index (χ0v) is 41.7. The molecular formula is C47H63ClN4O13S2.